The summed E-state index contributed by atoms with van der Waals surface area (Å²) in [5, 5.41) is -0.297. The van der Waals surface area contributed by atoms with Crippen LogP contribution in [-0.4, -0.2) is 39.5 Å². The molecule has 0 saturated carbocycles. The van der Waals surface area contributed by atoms with Crippen molar-refractivity contribution in [1.29, 1.82) is 0 Å². The SMILES string of the molecule is CN1CCC(NS(=O)(=O)c2cc(N)cc(Cl)c2F)CC1. The quantitative estimate of drug-likeness (QED) is 0.826. The van der Waals surface area contributed by atoms with E-state index >= 15 is 0 Å². The summed E-state index contributed by atoms with van der Waals surface area (Å²) in [5.41, 5.74) is 5.64. The monoisotopic (exact) mass is 321 g/mol. The molecule has 0 amide bonds. The Balaban J connectivity index is 2.23. The predicted molar refractivity (Wildman–Crippen MR) is 76.7 cm³/mol. The van der Waals surface area contributed by atoms with Crippen LogP contribution in [-0.2, 0) is 10.0 Å². The molecule has 0 unspecified atom stereocenters. The number of likely N-dealkylation sites (tertiary alicyclic amines) is 1. The molecule has 0 atom stereocenters. The highest BCUT2D eigenvalue weighted by Crippen LogP contribution is 2.26. The van der Waals surface area contributed by atoms with Crippen molar-refractivity contribution in [3.05, 3.63) is 23.0 Å². The maximum atomic E-state index is 13.9. The molecule has 0 bridgehead atoms. The van der Waals surface area contributed by atoms with Gasteiger partial charge in [0.15, 0.2) is 5.82 Å². The highest BCUT2D eigenvalue weighted by atomic mass is 35.5. The predicted octanol–water partition coefficient (Wildman–Crippen LogP) is 1.43. The number of hydrogen-bond donors (Lipinski definition) is 2. The van der Waals surface area contributed by atoms with Crippen molar-refractivity contribution in [3.63, 3.8) is 0 Å². The molecular formula is C12H17ClFN3O2S. The minimum absolute atomic E-state index is 0.111. The van der Waals surface area contributed by atoms with Gasteiger partial charge in [0.1, 0.15) is 4.90 Å². The number of anilines is 1. The molecule has 1 fully saturated rings. The lowest BCUT2D eigenvalue weighted by molar-refractivity contribution is 0.248. The largest absolute Gasteiger partial charge is 0.399 e. The van der Waals surface area contributed by atoms with Crippen molar-refractivity contribution in [3.8, 4) is 0 Å². The molecule has 112 valence electrons. The first-order valence-electron chi connectivity index (χ1n) is 6.25. The molecule has 1 aliphatic rings. The summed E-state index contributed by atoms with van der Waals surface area (Å²) in [6, 6.07) is 2.07. The zero-order chi connectivity index (χ0) is 14.9. The molecule has 1 aliphatic heterocycles. The number of halogens is 2. The normalized spacial score (nSPS) is 18.4. The van der Waals surface area contributed by atoms with E-state index in [1.807, 2.05) is 7.05 Å². The summed E-state index contributed by atoms with van der Waals surface area (Å²) in [5.74, 6) is -0.971. The topological polar surface area (TPSA) is 75.4 Å². The Hall–Kier alpha value is -0.890. The van der Waals surface area contributed by atoms with Crippen LogP contribution < -0.4 is 10.5 Å². The molecule has 1 saturated heterocycles. The standard InChI is InChI=1S/C12H17ClFN3O2S/c1-17-4-2-9(3-5-17)16-20(18,19)11-7-8(15)6-10(13)12(11)14/h6-7,9,16H,2-5,15H2,1H3. The Bertz CT molecular complexity index is 601. The van der Waals surface area contributed by atoms with E-state index < -0.39 is 20.7 Å². The average molecular weight is 322 g/mol. The highest BCUT2D eigenvalue weighted by molar-refractivity contribution is 7.89. The smallest absolute Gasteiger partial charge is 0.243 e. The van der Waals surface area contributed by atoms with E-state index in [9.17, 15) is 12.8 Å². The van der Waals surface area contributed by atoms with E-state index in [0.29, 0.717) is 12.8 Å². The van der Waals surface area contributed by atoms with E-state index in [4.69, 9.17) is 17.3 Å². The Morgan fingerprint density at radius 1 is 1.40 bits per heavy atom. The van der Waals surface area contributed by atoms with Gasteiger partial charge in [-0.05, 0) is 45.1 Å². The number of benzene rings is 1. The zero-order valence-corrected chi connectivity index (χ0v) is 12.6. The van der Waals surface area contributed by atoms with Gasteiger partial charge in [0.2, 0.25) is 10.0 Å². The van der Waals surface area contributed by atoms with Crippen molar-refractivity contribution in [2.45, 2.75) is 23.8 Å². The fraction of sp³-hybridized carbons (Fsp3) is 0.500. The molecular weight excluding hydrogens is 305 g/mol. The van der Waals surface area contributed by atoms with E-state index in [2.05, 4.69) is 9.62 Å². The molecule has 0 aromatic heterocycles. The molecule has 1 aromatic carbocycles. The number of nitrogens with zero attached hydrogens (tertiary/aromatic N) is 1. The molecule has 20 heavy (non-hydrogen) atoms. The van der Waals surface area contributed by atoms with Gasteiger partial charge < -0.3 is 10.6 Å². The minimum Gasteiger partial charge on any atom is -0.399 e. The molecule has 5 nitrogen and oxygen atoms in total. The zero-order valence-electron chi connectivity index (χ0n) is 11.1. The second-order valence-corrected chi connectivity index (χ2v) is 7.10. The van der Waals surface area contributed by atoms with Gasteiger partial charge in [-0.1, -0.05) is 11.6 Å². The van der Waals surface area contributed by atoms with Gasteiger partial charge in [0, 0.05) is 11.7 Å². The number of nitrogens with one attached hydrogen (secondary N) is 1. The molecule has 0 aliphatic carbocycles. The molecule has 8 heteroatoms. The Kier molecular flexibility index (Phi) is 4.53. The van der Waals surface area contributed by atoms with Crippen LogP contribution in [0.5, 0.6) is 0 Å². The van der Waals surface area contributed by atoms with Crippen molar-refractivity contribution in [2.24, 2.45) is 0 Å². The summed E-state index contributed by atoms with van der Waals surface area (Å²) >= 11 is 5.63. The number of nitrogens with two attached hydrogens (primary N) is 1. The number of piperidine rings is 1. The van der Waals surface area contributed by atoms with E-state index in [0.717, 1.165) is 19.2 Å². The number of rotatable bonds is 3. The van der Waals surface area contributed by atoms with Crippen molar-refractivity contribution >= 4 is 27.3 Å². The van der Waals surface area contributed by atoms with Gasteiger partial charge >= 0.3 is 0 Å². The minimum atomic E-state index is -3.96. The summed E-state index contributed by atoms with van der Waals surface area (Å²) in [4.78, 5) is 1.62. The third-order valence-corrected chi connectivity index (χ3v) is 5.14. The fourth-order valence-corrected chi connectivity index (χ4v) is 3.91. The second-order valence-electron chi connectivity index (χ2n) is 5.01. The average Bonchev–Trinajstić information content (AvgIpc) is 2.36. The van der Waals surface area contributed by atoms with Crippen LogP contribution >= 0.6 is 11.6 Å². The first-order valence-corrected chi connectivity index (χ1v) is 8.11. The van der Waals surface area contributed by atoms with Gasteiger partial charge in [-0.15, -0.1) is 0 Å². The first kappa shape index (κ1) is 15.5. The van der Waals surface area contributed by atoms with Gasteiger partial charge in [-0.3, -0.25) is 0 Å². The lowest BCUT2D eigenvalue weighted by Crippen LogP contribution is -2.43. The molecule has 0 spiro atoms. The van der Waals surface area contributed by atoms with Crippen LogP contribution in [0.2, 0.25) is 5.02 Å². The van der Waals surface area contributed by atoms with Crippen molar-refractivity contribution in [1.82, 2.24) is 9.62 Å². The summed E-state index contributed by atoms with van der Waals surface area (Å²) in [6.45, 7) is 1.60. The second kappa shape index (κ2) is 5.85. The summed E-state index contributed by atoms with van der Waals surface area (Å²) in [6.07, 6.45) is 1.38. The maximum absolute atomic E-state index is 13.9. The summed E-state index contributed by atoms with van der Waals surface area (Å²) < 4.78 is 40.9. The third-order valence-electron chi connectivity index (χ3n) is 3.35. The van der Waals surface area contributed by atoms with Crippen LogP contribution in [0.4, 0.5) is 10.1 Å². The first-order chi connectivity index (χ1) is 9.29. The van der Waals surface area contributed by atoms with Crippen molar-refractivity contribution < 1.29 is 12.8 Å². The Labute approximate surface area is 122 Å². The molecule has 2 rings (SSSR count). The van der Waals surface area contributed by atoms with E-state index in [1.54, 1.807) is 0 Å². The van der Waals surface area contributed by atoms with Gasteiger partial charge in [-0.2, -0.15) is 0 Å². The number of nitrogen functional groups attached to an aromatic ring is 1. The van der Waals surface area contributed by atoms with Gasteiger partial charge in [-0.25, -0.2) is 17.5 Å². The Morgan fingerprint density at radius 3 is 2.60 bits per heavy atom. The maximum Gasteiger partial charge on any atom is 0.243 e. The van der Waals surface area contributed by atoms with Crippen LogP contribution in [0.3, 0.4) is 0 Å². The summed E-state index contributed by atoms with van der Waals surface area (Å²) in [7, 11) is -1.99. The van der Waals surface area contributed by atoms with Gasteiger partial charge in [0.05, 0.1) is 5.02 Å². The van der Waals surface area contributed by atoms with E-state index in [-0.39, 0.29) is 16.8 Å². The van der Waals surface area contributed by atoms with Crippen molar-refractivity contribution in [2.75, 3.05) is 25.9 Å². The number of sulfonamides is 1. The molecule has 1 aromatic rings. The van der Waals surface area contributed by atoms with Crippen LogP contribution in [0.25, 0.3) is 0 Å². The van der Waals surface area contributed by atoms with E-state index in [1.165, 1.54) is 6.07 Å². The molecule has 0 radical (unpaired) electrons. The number of hydrogen-bond acceptors (Lipinski definition) is 4. The Morgan fingerprint density at radius 2 is 2.00 bits per heavy atom. The fourth-order valence-electron chi connectivity index (χ4n) is 2.19. The highest BCUT2D eigenvalue weighted by Gasteiger charge is 2.27. The third kappa shape index (κ3) is 3.41. The molecule has 3 N–H and O–H groups in total. The lowest BCUT2D eigenvalue weighted by atomic mass is 10.1. The van der Waals surface area contributed by atoms with Crippen LogP contribution in [0.15, 0.2) is 17.0 Å². The van der Waals surface area contributed by atoms with Crippen LogP contribution in [0.1, 0.15) is 12.8 Å². The van der Waals surface area contributed by atoms with Crippen LogP contribution in [0, 0.1) is 5.82 Å². The van der Waals surface area contributed by atoms with Gasteiger partial charge in [0.25, 0.3) is 0 Å². The molecule has 1 heterocycles. The lowest BCUT2D eigenvalue weighted by Gasteiger charge is -2.29.